The van der Waals surface area contributed by atoms with Crippen LogP contribution in [0.4, 0.5) is 5.69 Å². The molecule has 1 atom stereocenters. The first-order valence-corrected chi connectivity index (χ1v) is 8.70. The molecule has 0 saturated heterocycles. The number of benzene rings is 2. The number of hydrogen-bond donors (Lipinski definition) is 3. The van der Waals surface area contributed by atoms with E-state index in [-0.39, 0.29) is 21.9 Å². The van der Waals surface area contributed by atoms with Gasteiger partial charge in [-0.15, -0.1) is 0 Å². The number of carboxylic acid groups (broad SMARTS) is 1. The van der Waals surface area contributed by atoms with Crippen molar-refractivity contribution in [2.75, 3.05) is 24.7 Å². The fourth-order valence-electron chi connectivity index (χ4n) is 3.94. The molecule has 2 aromatic carbocycles. The molecule has 3 N–H and O–H groups in total. The number of aliphatic hydroxyl groups excluding tert-OH is 1. The molecular formula is C19H16ClNO6. The van der Waals surface area contributed by atoms with Crippen LogP contribution < -0.4 is 9.64 Å². The average Bonchev–Trinajstić information content (AvgIpc) is 3.17. The highest BCUT2D eigenvalue weighted by Gasteiger charge is 2.55. The van der Waals surface area contributed by atoms with E-state index in [0.29, 0.717) is 24.5 Å². The average molecular weight is 390 g/mol. The monoisotopic (exact) mass is 389 g/mol. The van der Waals surface area contributed by atoms with Gasteiger partial charge in [-0.25, -0.2) is 0 Å². The minimum atomic E-state index is -1.69. The Labute approximate surface area is 159 Å². The number of aliphatic carboxylic acids is 1. The van der Waals surface area contributed by atoms with Gasteiger partial charge in [-0.3, -0.25) is 14.5 Å². The highest BCUT2D eigenvalue weighted by atomic mass is 35.5. The van der Waals surface area contributed by atoms with Crippen LogP contribution in [0.15, 0.2) is 30.3 Å². The zero-order chi connectivity index (χ0) is 19.3. The molecule has 1 amide bonds. The molecule has 0 aromatic heterocycles. The molecule has 0 fully saturated rings. The molecule has 140 valence electrons. The Bertz CT molecular complexity index is 975. The van der Waals surface area contributed by atoms with Crippen molar-refractivity contribution >= 4 is 29.2 Å². The number of aromatic hydroxyl groups is 1. The van der Waals surface area contributed by atoms with Gasteiger partial charge in [-0.05, 0) is 23.8 Å². The third kappa shape index (κ3) is 2.39. The molecule has 0 spiro atoms. The molecule has 2 aromatic rings. The number of anilines is 1. The molecular weight excluding hydrogens is 374 g/mol. The van der Waals surface area contributed by atoms with E-state index < -0.39 is 30.4 Å². The van der Waals surface area contributed by atoms with Crippen molar-refractivity contribution in [2.24, 2.45) is 0 Å². The summed E-state index contributed by atoms with van der Waals surface area (Å²) in [4.78, 5) is 25.7. The van der Waals surface area contributed by atoms with Gasteiger partial charge in [-0.2, -0.15) is 0 Å². The lowest BCUT2D eigenvalue weighted by Gasteiger charge is -2.28. The quantitative estimate of drug-likeness (QED) is 0.734. The van der Waals surface area contributed by atoms with E-state index >= 15 is 0 Å². The van der Waals surface area contributed by atoms with Gasteiger partial charge in [0.2, 0.25) is 5.91 Å². The molecule has 2 aliphatic heterocycles. The summed E-state index contributed by atoms with van der Waals surface area (Å²) in [5, 5.41) is 30.4. The SMILES string of the molecule is O=C(O)CN1C(=O)C(CO)(c2cc3c(cc2O)OCC3)c2c(Cl)cccc21. The highest BCUT2D eigenvalue weighted by Crippen LogP contribution is 2.52. The van der Waals surface area contributed by atoms with E-state index in [4.69, 9.17) is 16.3 Å². The number of carboxylic acids is 1. The summed E-state index contributed by atoms with van der Waals surface area (Å²) in [5.41, 5.74) is -0.116. The predicted molar refractivity (Wildman–Crippen MR) is 96.6 cm³/mol. The number of nitrogens with zero attached hydrogens (tertiary/aromatic N) is 1. The molecule has 1 unspecified atom stereocenters. The Kier molecular flexibility index (Phi) is 4.01. The lowest BCUT2D eigenvalue weighted by Crippen LogP contribution is -2.45. The van der Waals surface area contributed by atoms with E-state index in [9.17, 15) is 24.9 Å². The summed E-state index contributed by atoms with van der Waals surface area (Å²) in [7, 11) is 0. The van der Waals surface area contributed by atoms with Crippen molar-refractivity contribution in [2.45, 2.75) is 11.8 Å². The number of hydrogen-bond acceptors (Lipinski definition) is 5. The fourth-order valence-corrected chi connectivity index (χ4v) is 4.27. The van der Waals surface area contributed by atoms with Gasteiger partial charge in [0.15, 0.2) is 0 Å². The lowest BCUT2D eigenvalue weighted by molar-refractivity contribution is -0.137. The number of phenolic OH excluding ortho intramolecular Hbond substituents is 1. The second kappa shape index (κ2) is 6.14. The summed E-state index contributed by atoms with van der Waals surface area (Å²) < 4.78 is 5.44. The van der Waals surface area contributed by atoms with Crippen LogP contribution in [0.1, 0.15) is 16.7 Å². The maximum Gasteiger partial charge on any atom is 0.323 e. The molecule has 0 saturated carbocycles. The van der Waals surface area contributed by atoms with Crippen LogP contribution in [0.25, 0.3) is 0 Å². The zero-order valence-corrected chi connectivity index (χ0v) is 14.9. The van der Waals surface area contributed by atoms with Gasteiger partial charge < -0.3 is 20.1 Å². The first kappa shape index (κ1) is 17.6. The Hall–Kier alpha value is -2.77. The summed E-state index contributed by atoms with van der Waals surface area (Å²) in [6, 6.07) is 7.79. The van der Waals surface area contributed by atoms with Crippen molar-refractivity contribution in [3.05, 3.63) is 52.0 Å². The number of fused-ring (bicyclic) bond motifs is 2. The first-order valence-electron chi connectivity index (χ1n) is 8.33. The highest BCUT2D eigenvalue weighted by molar-refractivity contribution is 6.33. The van der Waals surface area contributed by atoms with E-state index in [1.165, 1.54) is 6.07 Å². The maximum atomic E-state index is 13.4. The van der Waals surface area contributed by atoms with Crippen LogP contribution in [0.2, 0.25) is 5.02 Å². The Balaban J connectivity index is 2.00. The molecule has 2 heterocycles. The van der Waals surface area contributed by atoms with Crippen molar-refractivity contribution in [3.63, 3.8) is 0 Å². The molecule has 7 nitrogen and oxygen atoms in total. The lowest BCUT2D eigenvalue weighted by atomic mass is 9.75. The number of rotatable bonds is 4. The Morgan fingerprint density at radius 1 is 1.33 bits per heavy atom. The minimum Gasteiger partial charge on any atom is -0.507 e. The second-order valence-electron chi connectivity index (χ2n) is 6.56. The summed E-state index contributed by atoms with van der Waals surface area (Å²) in [5.74, 6) is -1.54. The van der Waals surface area contributed by atoms with Crippen LogP contribution >= 0.6 is 11.6 Å². The van der Waals surface area contributed by atoms with Crippen molar-refractivity contribution in [1.82, 2.24) is 0 Å². The molecule has 0 bridgehead atoms. The van der Waals surface area contributed by atoms with Crippen LogP contribution in [0, 0.1) is 0 Å². The Morgan fingerprint density at radius 2 is 2.11 bits per heavy atom. The second-order valence-corrected chi connectivity index (χ2v) is 6.97. The third-order valence-electron chi connectivity index (χ3n) is 5.12. The first-order chi connectivity index (χ1) is 12.9. The van der Waals surface area contributed by atoms with Crippen molar-refractivity contribution < 1.29 is 29.6 Å². The molecule has 8 heteroatoms. The zero-order valence-electron chi connectivity index (χ0n) is 14.1. The molecule has 2 aliphatic rings. The van der Waals surface area contributed by atoms with Crippen LogP contribution in [-0.4, -0.2) is 47.0 Å². The summed E-state index contributed by atoms with van der Waals surface area (Å²) >= 11 is 6.38. The molecule has 27 heavy (non-hydrogen) atoms. The summed E-state index contributed by atoms with van der Waals surface area (Å²) in [6.45, 7) is -0.796. The smallest absolute Gasteiger partial charge is 0.323 e. The van der Waals surface area contributed by atoms with Crippen LogP contribution in [0.3, 0.4) is 0 Å². The fraction of sp³-hybridized carbons (Fsp3) is 0.263. The van der Waals surface area contributed by atoms with Gasteiger partial charge in [0.25, 0.3) is 0 Å². The minimum absolute atomic E-state index is 0.182. The van der Waals surface area contributed by atoms with Gasteiger partial charge in [0, 0.05) is 28.6 Å². The standard InChI is InChI=1S/C19H16ClNO6/c20-12-2-1-3-13-17(12)19(9-22,18(26)21(13)8-16(24)25)11-6-10-4-5-27-15(10)7-14(11)23/h1-3,6-7,22-23H,4-5,8-9H2,(H,24,25). The number of phenols is 1. The van der Waals surface area contributed by atoms with E-state index in [1.807, 2.05) is 0 Å². The topological polar surface area (TPSA) is 107 Å². The largest absolute Gasteiger partial charge is 0.507 e. The van der Waals surface area contributed by atoms with E-state index in [1.54, 1.807) is 24.3 Å². The van der Waals surface area contributed by atoms with Gasteiger partial charge in [-0.1, -0.05) is 17.7 Å². The number of ether oxygens (including phenoxy) is 1. The van der Waals surface area contributed by atoms with E-state index in [2.05, 4.69) is 0 Å². The van der Waals surface area contributed by atoms with Crippen LogP contribution in [-0.2, 0) is 21.4 Å². The summed E-state index contributed by atoms with van der Waals surface area (Å²) in [6.07, 6.45) is 0.604. The number of aliphatic hydroxyl groups is 1. The van der Waals surface area contributed by atoms with Gasteiger partial charge in [0.05, 0.1) is 18.9 Å². The number of carbonyl (C=O) groups excluding carboxylic acids is 1. The number of halogens is 1. The third-order valence-corrected chi connectivity index (χ3v) is 5.43. The molecule has 0 aliphatic carbocycles. The number of amides is 1. The van der Waals surface area contributed by atoms with Crippen LogP contribution in [0.5, 0.6) is 11.5 Å². The van der Waals surface area contributed by atoms with Gasteiger partial charge in [0.1, 0.15) is 23.5 Å². The van der Waals surface area contributed by atoms with Crippen molar-refractivity contribution in [3.8, 4) is 11.5 Å². The predicted octanol–water partition coefficient (Wildman–Crippen LogP) is 1.69. The maximum absolute atomic E-state index is 13.4. The molecule has 4 rings (SSSR count). The molecule has 0 radical (unpaired) electrons. The van der Waals surface area contributed by atoms with E-state index in [0.717, 1.165) is 10.5 Å². The Morgan fingerprint density at radius 3 is 2.81 bits per heavy atom. The van der Waals surface area contributed by atoms with Crippen molar-refractivity contribution in [1.29, 1.82) is 0 Å². The normalized spacial score (nSPS) is 20.4. The number of carbonyl (C=O) groups is 2. The van der Waals surface area contributed by atoms with Gasteiger partial charge >= 0.3 is 5.97 Å².